The van der Waals surface area contributed by atoms with Crippen LogP contribution in [-0.4, -0.2) is 21.1 Å². The van der Waals surface area contributed by atoms with Gasteiger partial charge in [0.1, 0.15) is 5.69 Å². The van der Waals surface area contributed by atoms with Crippen LogP contribution in [0.4, 0.5) is 5.69 Å². The molecule has 88 valence electrons. The molecule has 0 aliphatic carbocycles. The van der Waals surface area contributed by atoms with Crippen molar-refractivity contribution < 1.29 is 4.79 Å². The molecule has 17 heavy (non-hydrogen) atoms. The Kier molecular flexibility index (Phi) is 2.91. The Hall–Kier alpha value is -2.17. The lowest BCUT2D eigenvalue weighted by molar-refractivity contribution is 0.102. The van der Waals surface area contributed by atoms with E-state index in [1.165, 1.54) is 0 Å². The normalized spacial score (nSPS) is 10.3. The number of carbonyl (C=O) groups is 1. The monoisotopic (exact) mass is 230 g/mol. The molecule has 2 N–H and O–H groups in total. The molecule has 0 saturated carbocycles. The number of aromatic amines is 1. The van der Waals surface area contributed by atoms with E-state index in [4.69, 9.17) is 0 Å². The van der Waals surface area contributed by atoms with Crippen LogP contribution in [0.1, 0.15) is 27.4 Å². The SMILES string of the molecule is Cc1cccnc1C(=O)Nc1c(C)n[nH]c1C. The third-order valence-corrected chi connectivity index (χ3v) is 2.59. The average molecular weight is 230 g/mol. The number of hydrogen-bond acceptors (Lipinski definition) is 3. The van der Waals surface area contributed by atoms with Gasteiger partial charge in [0.25, 0.3) is 5.91 Å². The van der Waals surface area contributed by atoms with Crippen LogP contribution in [0.25, 0.3) is 0 Å². The molecule has 0 aliphatic heterocycles. The first-order chi connectivity index (χ1) is 8.09. The molecule has 5 heteroatoms. The molecule has 2 aromatic rings. The number of H-pyrrole nitrogens is 1. The highest BCUT2D eigenvalue weighted by Gasteiger charge is 2.14. The maximum absolute atomic E-state index is 12.0. The van der Waals surface area contributed by atoms with E-state index in [0.717, 1.165) is 22.6 Å². The topological polar surface area (TPSA) is 70.7 Å². The molecule has 0 fully saturated rings. The Morgan fingerprint density at radius 2 is 2.12 bits per heavy atom. The summed E-state index contributed by atoms with van der Waals surface area (Å²) >= 11 is 0. The van der Waals surface area contributed by atoms with E-state index < -0.39 is 0 Å². The lowest BCUT2D eigenvalue weighted by Gasteiger charge is -2.06. The van der Waals surface area contributed by atoms with Gasteiger partial charge in [-0.05, 0) is 32.4 Å². The van der Waals surface area contributed by atoms with Crippen molar-refractivity contribution in [2.24, 2.45) is 0 Å². The average Bonchev–Trinajstić information content (AvgIpc) is 2.61. The number of nitrogens with one attached hydrogen (secondary N) is 2. The van der Waals surface area contributed by atoms with Crippen molar-refractivity contribution in [1.82, 2.24) is 15.2 Å². The van der Waals surface area contributed by atoms with Crippen molar-refractivity contribution in [3.05, 3.63) is 41.0 Å². The molecule has 0 spiro atoms. The van der Waals surface area contributed by atoms with Crippen LogP contribution in [-0.2, 0) is 0 Å². The Labute approximate surface area is 99.3 Å². The number of aryl methyl sites for hydroxylation is 3. The largest absolute Gasteiger partial charge is 0.317 e. The second-order valence-electron chi connectivity index (χ2n) is 3.93. The van der Waals surface area contributed by atoms with E-state index in [1.807, 2.05) is 26.8 Å². The molecular weight excluding hydrogens is 216 g/mol. The van der Waals surface area contributed by atoms with E-state index in [1.54, 1.807) is 12.3 Å². The predicted molar refractivity (Wildman–Crippen MR) is 65.0 cm³/mol. The Balaban J connectivity index is 2.27. The minimum atomic E-state index is -0.212. The van der Waals surface area contributed by atoms with Gasteiger partial charge in [-0.15, -0.1) is 0 Å². The number of pyridine rings is 1. The molecule has 0 saturated heterocycles. The highest BCUT2D eigenvalue weighted by molar-refractivity contribution is 6.04. The molecular formula is C12H14N4O. The van der Waals surface area contributed by atoms with Gasteiger partial charge in [0.05, 0.1) is 17.1 Å². The Morgan fingerprint density at radius 3 is 2.71 bits per heavy atom. The van der Waals surface area contributed by atoms with Crippen LogP contribution in [0.2, 0.25) is 0 Å². The third-order valence-electron chi connectivity index (χ3n) is 2.59. The summed E-state index contributed by atoms with van der Waals surface area (Å²) in [4.78, 5) is 16.1. The van der Waals surface area contributed by atoms with Gasteiger partial charge in [-0.25, -0.2) is 0 Å². The van der Waals surface area contributed by atoms with Crippen molar-refractivity contribution in [2.45, 2.75) is 20.8 Å². The third kappa shape index (κ3) is 2.18. The van der Waals surface area contributed by atoms with Crippen molar-refractivity contribution in [3.8, 4) is 0 Å². The van der Waals surface area contributed by atoms with Crippen LogP contribution in [0.5, 0.6) is 0 Å². The van der Waals surface area contributed by atoms with Gasteiger partial charge >= 0.3 is 0 Å². The maximum atomic E-state index is 12.0. The van der Waals surface area contributed by atoms with Crippen molar-refractivity contribution in [2.75, 3.05) is 5.32 Å². The smallest absolute Gasteiger partial charge is 0.274 e. The summed E-state index contributed by atoms with van der Waals surface area (Å²) in [6.07, 6.45) is 1.61. The molecule has 5 nitrogen and oxygen atoms in total. The molecule has 0 radical (unpaired) electrons. The maximum Gasteiger partial charge on any atom is 0.274 e. The zero-order valence-electron chi connectivity index (χ0n) is 10.0. The summed E-state index contributed by atoms with van der Waals surface area (Å²) in [7, 11) is 0. The van der Waals surface area contributed by atoms with Crippen molar-refractivity contribution >= 4 is 11.6 Å². The van der Waals surface area contributed by atoms with E-state index in [0.29, 0.717) is 5.69 Å². The van der Waals surface area contributed by atoms with E-state index in [-0.39, 0.29) is 5.91 Å². The summed E-state index contributed by atoms with van der Waals surface area (Å²) in [5.74, 6) is -0.212. The number of aromatic nitrogens is 3. The van der Waals surface area contributed by atoms with Gasteiger partial charge in [-0.3, -0.25) is 14.9 Å². The van der Waals surface area contributed by atoms with Crippen molar-refractivity contribution in [1.29, 1.82) is 0 Å². The van der Waals surface area contributed by atoms with Gasteiger partial charge in [0.15, 0.2) is 0 Å². The molecule has 0 aliphatic rings. The van der Waals surface area contributed by atoms with E-state index in [9.17, 15) is 4.79 Å². The molecule has 0 aromatic carbocycles. The highest BCUT2D eigenvalue weighted by atomic mass is 16.1. The molecule has 0 atom stereocenters. The molecule has 0 unspecified atom stereocenters. The summed E-state index contributed by atoms with van der Waals surface area (Å²) in [5.41, 5.74) is 3.62. The first kappa shape index (κ1) is 11.3. The molecule has 2 aromatic heterocycles. The van der Waals surface area contributed by atoms with Gasteiger partial charge < -0.3 is 5.32 Å². The molecule has 2 rings (SSSR count). The van der Waals surface area contributed by atoms with E-state index in [2.05, 4.69) is 20.5 Å². The van der Waals surface area contributed by atoms with Gasteiger partial charge in [-0.2, -0.15) is 5.10 Å². The summed E-state index contributed by atoms with van der Waals surface area (Å²) in [5, 5.41) is 9.67. The number of nitrogens with zero attached hydrogens (tertiary/aromatic N) is 2. The first-order valence-corrected chi connectivity index (χ1v) is 5.34. The quantitative estimate of drug-likeness (QED) is 0.828. The van der Waals surface area contributed by atoms with Crippen LogP contribution in [0.15, 0.2) is 18.3 Å². The number of anilines is 1. The zero-order valence-corrected chi connectivity index (χ0v) is 10.0. The van der Waals surface area contributed by atoms with Crippen LogP contribution in [0.3, 0.4) is 0 Å². The lowest BCUT2D eigenvalue weighted by Crippen LogP contribution is -2.15. The predicted octanol–water partition coefficient (Wildman–Crippen LogP) is 1.98. The van der Waals surface area contributed by atoms with Crippen molar-refractivity contribution in [3.63, 3.8) is 0 Å². The fourth-order valence-corrected chi connectivity index (χ4v) is 1.63. The van der Waals surface area contributed by atoms with E-state index >= 15 is 0 Å². The Bertz CT molecular complexity index is 540. The number of carbonyl (C=O) groups excluding carboxylic acids is 1. The summed E-state index contributed by atoms with van der Waals surface area (Å²) in [6, 6.07) is 3.66. The van der Waals surface area contributed by atoms with Crippen LogP contribution >= 0.6 is 0 Å². The molecule has 0 bridgehead atoms. The molecule has 2 heterocycles. The molecule has 1 amide bonds. The lowest BCUT2D eigenvalue weighted by atomic mass is 10.2. The second-order valence-corrected chi connectivity index (χ2v) is 3.93. The highest BCUT2D eigenvalue weighted by Crippen LogP contribution is 2.17. The zero-order chi connectivity index (χ0) is 12.4. The van der Waals surface area contributed by atoms with Crippen LogP contribution < -0.4 is 5.32 Å². The minimum Gasteiger partial charge on any atom is -0.317 e. The number of rotatable bonds is 2. The number of hydrogen-bond donors (Lipinski definition) is 2. The summed E-state index contributed by atoms with van der Waals surface area (Å²) in [6.45, 7) is 5.56. The Morgan fingerprint density at radius 1 is 1.35 bits per heavy atom. The fraction of sp³-hybridized carbons (Fsp3) is 0.250. The van der Waals surface area contributed by atoms with Gasteiger partial charge in [0, 0.05) is 6.20 Å². The minimum absolute atomic E-state index is 0.212. The van der Waals surface area contributed by atoms with Gasteiger partial charge in [0.2, 0.25) is 0 Å². The summed E-state index contributed by atoms with van der Waals surface area (Å²) < 4.78 is 0. The van der Waals surface area contributed by atoms with Crippen LogP contribution in [0, 0.1) is 20.8 Å². The second kappa shape index (κ2) is 4.37. The fourth-order valence-electron chi connectivity index (χ4n) is 1.63. The van der Waals surface area contributed by atoms with Gasteiger partial charge in [-0.1, -0.05) is 6.07 Å². The standard InChI is InChI=1S/C12H14N4O/c1-7-5-4-6-13-10(7)12(17)14-11-8(2)15-16-9(11)3/h4-6H,1-3H3,(H,14,17)(H,15,16). The number of amides is 1. The first-order valence-electron chi connectivity index (χ1n) is 5.34.